The molecule has 0 bridgehead atoms. The van der Waals surface area contributed by atoms with Crippen LogP contribution in [0.5, 0.6) is 11.5 Å². The first-order chi connectivity index (χ1) is 13.2. The SMILES string of the molecule is COc1cc(/C=C2/C(=O)Nc3cc(C(F)(F)F)ccc32)ccc1OCC(C)C. The number of carbonyl (C=O) groups excluding carboxylic acids is 1. The van der Waals surface area contributed by atoms with Crippen LogP contribution in [0.15, 0.2) is 36.4 Å². The van der Waals surface area contributed by atoms with Crippen molar-refractivity contribution in [1.82, 2.24) is 0 Å². The van der Waals surface area contributed by atoms with Gasteiger partial charge in [0.05, 0.1) is 19.3 Å². The van der Waals surface area contributed by atoms with Crippen molar-refractivity contribution >= 4 is 23.2 Å². The monoisotopic (exact) mass is 391 g/mol. The van der Waals surface area contributed by atoms with Gasteiger partial charge in [-0.25, -0.2) is 0 Å². The van der Waals surface area contributed by atoms with Gasteiger partial charge in [0, 0.05) is 16.8 Å². The second-order valence-electron chi connectivity index (χ2n) is 6.89. The summed E-state index contributed by atoms with van der Waals surface area (Å²) in [4.78, 5) is 12.3. The van der Waals surface area contributed by atoms with Gasteiger partial charge in [0.15, 0.2) is 11.5 Å². The standard InChI is InChI=1S/C21H20F3NO3/c1-12(2)11-28-18-7-4-13(9-19(18)27-3)8-16-15-6-5-14(21(22,23)24)10-17(15)25-20(16)26/h4-10,12H,11H2,1-3H3,(H,25,26)/b16-8+. The maximum absolute atomic E-state index is 12.9. The van der Waals surface area contributed by atoms with E-state index in [1.54, 1.807) is 24.3 Å². The third-order valence-corrected chi connectivity index (χ3v) is 4.20. The molecule has 0 saturated carbocycles. The summed E-state index contributed by atoms with van der Waals surface area (Å²) in [7, 11) is 1.52. The first kappa shape index (κ1) is 19.8. The molecule has 148 valence electrons. The molecule has 3 rings (SSSR count). The van der Waals surface area contributed by atoms with E-state index in [-0.39, 0.29) is 5.69 Å². The minimum atomic E-state index is -4.47. The van der Waals surface area contributed by atoms with Crippen LogP contribution in [0, 0.1) is 5.92 Å². The van der Waals surface area contributed by atoms with Crippen molar-refractivity contribution in [2.75, 3.05) is 19.0 Å². The van der Waals surface area contributed by atoms with E-state index in [0.717, 1.165) is 12.1 Å². The van der Waals surface area contributed by atoms with Gasteiger partial charge in [0.1, 0.15) is 0 Å². The number of benzene rings is 2. The van der Waals surface area contributed by atoms with E-state index in [1.807, 2.05) is 13.8 Å². The minimum Gasteiger partial charge on any atom is -0.493 e. The molecule has 0 unspecified atom stereocenters. The minimum absolute atomic E-state index is 0.148. The van der Waals surface area contributed by atoms with Gasteiger partial charge in [-0.05, 0) is 41.8 Å². The van der Waals surface area contributed by atoms with Crippen molar-refractivity contribution in [1.29, 1.82) is 0 Å². The number of alkyl halides is 3. The highest BCUT2D eigenvalue weighted by atomic mass is 19.4. The van der Waals surface area contributed by atoms with E-state index in [2.05, 4.69) is 5.32 Å². The highest BCUT2D eigenvalue weighted by Gasteiger charge is 2.33. The average molecular weight is 391 g/mol. The van der Waals surface area contributed by atoms with Gasteiger partial charge < -0.3 is 14.8 Å². The second-order valence-corrected chi connectivity index (χ2v) is 6.89. The molecule has 1 aliphatic rings. The molecule has 2 aromatic rings. The molecule has 0 aliphatic carbocycles. The topological polar surface area (TPSA) is 47.6 Å². The van der Waals surface area contributed by atoms with Crippen molar-refractivity contribution in [3.8, 4) is 11.5 Å². The van der Waals surface area contributed by atoms with E-state index >= 15 is 0 Å². The molecule has 28 heavy (non-hydrogen) atoms. The molecule has 0 radical (unpaired) electrons. The lowest BCUT2D eigenvalue weighted by Gasteiger charge is -2.13. The molecule has 0 saturated heterocycles. The van der Waals surface area contributed by atoms with Gasteiger partial charge in [-0.2, -0.15) is 13.2 Å². The van der Waals surface area contributed by atoms with E-state index in [1.165, 1.54) is 13.2 Å². The number of fused-ring (bicyclic) bond motifs is 1. The molecule has 0 atom stereocenters. The van der Waals surface area contributed by atoms with E-state index in [0.29, 0.717) is 40.7 Å². The van der Waals surface area contributed by atoms with E-state index in [4.69, 9.17) is 9.47 Å². The molecule has 1 N–H and O–H groups in total. The Morgan fingerprint density at radius 2 is 1.86 bits per heavy atom. The van der Waals surface area contributed by atoms with Crippen LogP contribution in [-0.2, 0) is 11.0 Å². The first-order valence-corrected chi connectivity index (χ1v) is 8.74. The summed E-state index contributed by atoms with van der Waals surface area (Å²) < 4.78 is 49.7. The Morgan fingerprint density at radius 3 is 2.50 bits per heavy atom. The van der Waals surface area contributed by atoms with Gasteiger partial charge in [-0.3, -0.25) is 4.79 Å². The molecule has 1 aliphatic heterocycles. The molecule has 0 spiro atoms. The highest BCUT2D eigenvalue weighted by molar-refractivity contribution is 6.34. The molecule has 0 aromatic heterocycles. The largest absolute Gasteiger partial charge is 0.493 e. The predicted molar refractivity (Wildman–Crippen MR) is 101 cm³/mol. The normalized spacial score (nSPS) is 15.0. The van der Waals surface area contributed by atoms with Crippen molar-refractivity contribution in [3.63, 3.8) is 0 Å². The smallest absolute Gasteiger partial charge is 0.416 e. The summed E-state index contributed by atoms with van der Waals surface area (Å²) in [5.74, 6) is 1.01. The van der Waals surface area contributed by atoms with Crippen LogP contribution in [-0.4, -0.2) is 19.6 Å². The molecule has 4 nitrogen and oxygen atoms in total. The fraction of sp³-hybridized carbons (Fsp3) is 0.286. The molecule has 1 amide bonds. The quantitative estimate of drug-likeness (QED) is 0.709. The van der Waals surface area contributed by atoms with Crippen LogP contribution in [0.25, 0.3) is 11.6 Å². The fourth-order valence-electron chi connectivity index (χ4n) is 2.83. The molecule has 0 fully saturated rings. The van der Waals surface area contributed by atoms with Gasteiger partial charge in [-0.15, -0.1) is 0 Å². The lowest BCUT2D eigenvalue weighted by Crippen LogP contribution is -2.06. The lowest BCUT2D eigenvalue weighted by atomic mass is 10.0. The maximum atomic E-state index is 12.9. The number of nitrogens with one attached hydrogen (secondary N) is 1. The number of ether oxygens (including phenoxy) is 2. The van der Waals surface area contributed by atoms with Gasteiger partial charge in [0.2, 0.25) is 0 Å². The molecular formula is C21H20F3NO3. The average Bonchev–Trinajstić information content (AvgIpc) is 2.94. The van der Waals surface area contributed by atoms with Crippen LogP contribution in [0.4, 0.5) is 18.9 Å². The number of anilines is 1. The molecule has 2 aromatic carbocycles. The van der Waals surface area contributed by atoms with Crippen molar-refractivity contribution in [3.05, 3.63) is 53.1 Å². The summed E-state index contributed by atoms with van der Waals surface area (Å²) >= 11 is 0. The summed E-state index contributed by atoms with van der Waals surface area (Å²) in [5.41, 5.74) is 0.737. The Balaban J connectivity index is 1.93. The van der Waals surface area contributed by atoms with E-state index < -0.39 is 17.6 Å². The number of amides is 1. The van der Waals surface area contributed by atoms with Crippen molar-refractivity contribution in [2.45, 2.75) is 20.0 Å². The third kappa shape index (κ3) is 4.13. The Labute approximate surface area is 161 Å². The summed E-state index contributed by atoms with van der Waals surface area (Å²) in [6, 6.07) is 8.44. The summed E-state index contributed by atoms with van der Waals surface area (Å²) in [5, 5.41) is 2.49. The van der Waals surface area contributed by atoms with Crippen LogP contribution < -0.4 is 14.8 Å². The van der Waals surface area contributed by atoms with Crippen molar-refractivity contribution < 1.29 is 27.4 Å². The summed E-state index contributed by atoms with van der Waals surface area (Å²) in [6.07, 6.45) is -2.85. The Hall–Kier alpha value is -2.96. The fourth-order valence-corrected chi connectivity index (χ4v) is 2.83. The van der Waals surface area contributed by atoms with Gasteiger partial charge in [-0.1, -0.05) is 26.0 Å². The van der Waals surface area contributed by atoms with Gasteiger partial charge in [0.25, 0.3) is 5.91 Å². The highest BCUT2D eigenvalue weighted by Crippen LogP contribution is 2.39. The number of rotatable bonds is 5. The number of halogens is 3. The Kier molecular flexibility index (Phi) is 5.36. The Bertz CT molecular complexity index is 933. The molecule has 7 heteroatoms. The predicted octanol–water partition coefficient (Wildman–Crippen LogP) is 5.24. The second kappa shape index (κ2) is 7.58. The number of methoxy groups -OCH3 is 1. The molecular weight excluding hydrogens is 371 g/mol. The third-order valence-electron chi connectivity index (χ3n) is 4.20. The van der Waals surface area contributed by atoms with Crippen LogP contribution in [0.3, 0.4) is 0 Å². The number of hydrogen-bond donors (Lipinski definition) is 1. The summed E-state index contributed by atoms with van der Waals surface area (Å²) in [6.45, 7) is 4.60. The Morgan fingerprint density at radius 1 is 1.11 bits per heavy atom. The van der Waals surface area contributed by atoms with Crippen molar-refractivity contribution in [2.24, 2.45) is 5.92 Å². The zero-order chi connectivity index (χ0) is 20.5. The number of carbonyl (C=O) groups is 1. The van der Waals surface area contributed by atoms with E-state index in [9.17, 15) is 18.0 Å². The zero-order valence-corrected chi connectivity index (χ0v) is 15.7. The van der Waals surface area contributed by atoms with Gasteiger partial charge >= 0.3 is 6.18 Å². The van der Waals surface area contributed by atoms with Crippen LogP contribution >= 0.6 is 0 Å². The zero-order valence-electron chi connectivity index (χ0n) is 15.7. The van der Waals surface area contributed by atoms with Crippen LogP contribution in [0.1, 0.15) is 30.5 Å². The number of hydrogen-bond acceptors (Lipinski definition) is 3. The maximum Gasteiger partial charge on any atom is 0.416 e. The lowest BCUT2D eigenvalue weighted by molar-refractivity contribution is -0.137. The first-order valence-electron chi connectivity index (χ1n) is 8.74. The molecule has 1 heterocycles. The van der Waals surface area contributed by atoms with Crippen LogP contribution in [0.2, 0.25) is 0 Å².